The van der Waals surface area contributed by atoms with Gasteiger partial charge >= 0.3 is 5.69 Å². The minimum absolute atomic E-state index is 0.184. The van der Waals surface area contributed by atoms with Crippen LogP contribution in [0.1, 0.15) is 19.8 Å². The smallest absolute Gasteiger partial charge is 0.301 e. The van der Waals surface area contributed by atoms with Gasteiger partial charge in [-0.3, -0.25) is 19.6 Å². The van der Waals surface area contributed by atoms with Gasteiger partial charge in [0.2, 0.25) is 5.91 Å². The number of nitrogens with two attached hydrogens (primary N) is 1. The van der Waals surface area contributed by atoms with Gasteiger partial charge in [-0.15, -0.1) is 0 Å². The monoisotopic (exact) mass is 240 g/mol. The third-order valence-corrected chi connectivity index (χ3v) is 2.43. The Hall–Kier alpha value is -1.89. The molecule has 0 saturated carbocycles. The van der Waals surface area contributed by atoms with Gasteiger partial charge in [0, 0.05) is 31.8 Å². The third kappa shape index (κ3) is 3.28. The molecule has 0 radical (unpaired) electrons. The van der Waals surface area contributed by atoms with Crippen molar-refractivity contribution in [1.29, 1.82) is 0 Å². The lowest BCUT2D eigenvalue weighted by Crippen LogP contribution is -2.39. The highest BCUT2D eigenvalue weighted by atomic mass is 16.2. The average Bonchev–Trinajstić information content (AvgIpc) is 2.33. The van der Waals surface area contributed by atoms with Gasteiger partial charge in [-0.05, 0) is 13.3 Å². The summed E-state index contributed by atoms with van der Waals surface area (Å²) in [7, 11) is 0. The van der Waals surface area contributed by atoms with Crippen molar-refractivity contribution in [3.63, 3.8) is 0 Å². The molecule has 0 bridgehead atoms. The second-order valence-corrected chi connectivity index (χ2v) is 3.55. The summed E-state index contributed by atoms with van der Waals surface area (Å²) in [6.45, 7) is 2.53. The third-order valence-electron chi connectivity index (χ3n) is 2.43. The van der Waals surface area contributed by atoms with Crippen molar-refractivity contribution < 1.29 is 4.79 Å². The van der Waals surface area contributed by atoms with Crippen molar-refractivity contribution in [2.24, 2.45) is 5.84 Å². The van der Waals surface area contributed by atoms with E-state index in [2.05, 4.69) is 0 Å². The van der Waals surface area contributed by atoms with Crippen molar-refractivity contribution in [3.05, 3.63) is 33.1 Å². The fraction of sp³-hybridized carbons (Fsp3) is 0.500. The SMILES string of the molecule is CCn1ccc(=O)n(CCCC(=O)NN)c1=O. The summed E-state index contributed by atoms with van der Waals surface area (Å²) in [6, 6.07) is 1.34. The van der Waals surface area contributed by atoms with Crippen LogP contribution in [0.2, 0.25) is 0 Å². The number of amides is 1. The zero-order chi connectivity index (χ0) is 12.8. The summed E-state index contributed by atoms with van der Waals surface area (Å²) in [4.78, 5) is 34.1. The van der Waals surface area contributed by atoms with Crippen LogP contribution in [-0.4, -0.2) is 15.0 Å². The first-order chi connectivity index (χ1) is 8.10. The van der Waals surface area contributed by atoms with Crippen LogP contribution in [0, 0.1) is 0 Å². The lowest BCUT2D eigenvalue weighted by Gasteiger charge is -2.07. The van der Waals surface area contributed by atoms with Gasteiger partial charge in [-0.25, -0.2) is 10.6 Å². The molecule has 1 amide bonds. The Bertz CT molecular complexity index is 503. The fourth-order valence-corrected chi connectivity index (χ4v) is 1.47. The molecule has 0 spiro atoms. The van der Waals surface area contributed by atoms with Crippen LogP contribution in [0.4, 0.5) is 0 Å². The van der Waals surface area contributed by atoms with Gasteiger partial charge in [0.15, 0.2) is 0 Å². The Kier molecular flexibility index (Phi) is 4.65. The molecule has 1 aromatic heterocycles. The van der Waals surface area contributed by atoms with Crippen LogP contribution in [0.3, 0.4) is 0 Å². The summed E-state index contributed by atoms with van der Waals surface area (Å²) in [6.07, 6.45) is 2.04. The molecule has 0 aliphatic carbocycles. The summed E-state index contributed by atoms with van der Waals surface area (Å²) in [5.74, 6) is 4.61. The van der Waals surface area contributed by atoms with Crippen LogP contribution in [0.25, 0.3) is 0 Å². The van der Waals surface area contributed by atoms with Crippen LogP contribution >= 0.6 is 0 Å². The molecule has 7 heteroatoms. The molecule has 0 aliphatic heterocycles. The number of nitrogens with one attached hydrogen (secondary N) is 1. The molecule has 1 heterocycles. The number of carbonyl (C=O) groups excluding carboxylic acids is 1. The zero-order valence-electron chi connectivity index (χ0n) is 9.68. The molecule has 1 aromatic rings. The quantitative estimate of drug-likeness (QED) is 0.383. The van der Waals surface area contributed by atoms with E-state index in [9.17, 15) is 14.4 Å². The predicted octanol–water partition coefficient (Wildman–Crippen LogP) is -1.20. The number of nitrogens with zero attached hydrogens (tertiary/aromatic N) is 2. The van der Waals surface area contributed by atoms with Crippen molar-refractivity contribution in [2.75, 3.05) is 0 Å². The zero-order valence-corrected chi connectivity index (χ0v) is 9.68. The average molecular weight is 240 g/mol. The van der Waals surface area contributed by atoms with E-state index in [0.29, 0.717) is 13.0 Å². The van der Waals surface area contributed by atoms with Gasteiger partial charge in [0.05, 0.1) is 0 Å². The van der Waals surface area contributed by atoms with Crippen molar-refractivity contribution in [1.82, 2.24) is 14.6 Å². The normalized spacial score (nSPS) is 10.2. The van der Waals surface area contributed by atoms with E-state index < -0.39 is 0 Å². The lowest BCUT2D eigenvalue weighted by atomic mass is 10.3. The van der Waals surface area contributed by atoms with E-state index in [-0.39, 0.29) is 30.1 Å². The first kappa shape index (κ1) is 13.2. The van der Waals surface area contributed by atoms with Crippen molar-refractivity contribution in [2.45, 2.75) is 32.9 Å². The molecule has 94 valence electrons. The molecule has 1 rings (SSSR count). The molecule has 3 N–H and O–H groups in total. The molecule has 0 fully saturated rings. The number of carbonyl (C=O) groups is 1. The highest BCUT2D eigenvalue weighted by molar-refractivity contribution is 5.74. The Balaban J connectivity index is 2.81. The van der Waals surface area contributed by atoms with Gasteiger partial charge < -0.3 is 4.57 Å². The maximum atomic E-state index is 11.8. The molecule has 0 aromatic carbocycles. The second kappa shape index (κ2) is 6.00. The molecular weight excluding hydrogens is 224 g/mol. The number of aryl methyl sites for hydroxylation is 1. The number of aromatic nitrogens is 2. The van der Waals surface area contributed by atoms with Gasteiger partial charge in [-0.2, -0.15) is 0 Å². The predicted molar refractivity (Wildman–Crippen MR) is 62.2 cm³/mol. The van der Waals surface area contributed by atoms with E-state index >= 15 is 0 Å². The number of rotatable bonds is 5. The van der Waals surface area contributed by atoms with E-state index in [1.807, 2.05) is 12.3 Å². The highest BCUT2D eigenvalue weighted by Crippen LogP contribution is 1.90. The Morgan fingerprint density at radius 2 is 2.18 bits per heavy atom. The molecule has 0 unspecified atom stereocenters. The van der Waals surface area contributed by atoms with Crippen LogP contribution < -0.4 is 22.5 Å². The summed E-state index contributed by atoms with van der Waals surface area (Å²) >= 11 is 0. The minimum atomic E-state index is -0.354. The van der Waals surface area contributed by atoms with Crippen LogP contribution in [-0.2, 0) is 17.9 Å². The van der Waals surface area contributed by atoms with E-state index in [1.54, 1.807) is 0 Å². The molecule has 0 aliphatic rings. The summed E-state index contributed by atoms with van der Waals surface area (Å²) in [5.41, 5.74) is 1.29. The maximum absolute atomic E-state index is 11.8. The van der Waals surface area contributed by atoms with Crippen LogP contribution in [0.15, 0.2) is 21.9 Å². The first-order valence-electron chi connectivity index (χ1n) is 5.40. The topological polar surface area (TPSA) is 99.1 Å². The molecule has 0 saturated heterocycles. The molecule has 7 nitrogen and oxygen atoms in total. The highest BCUT2D eigenvalue weighted by Gasteiger charge is 2.05. The Labute approximate surface area is 97.8 Å². The molecule has 17 heavy (non-hydrogen) atoms. The standard InChI is InChI=1S/C10H16N4O3/c1-2-13-7-5-9(16)14(10(13)17)6-3-4-8(15)12-11/h5,7H,2-4,6,11H2,1H3,(H,12,15). The van der Waals surface area contributed by atoms with Gasteiger partial charge in [0.1, 0.15) is 0 Å². The van der Waals surface area contributed by atoms with E-state index in [1.165, 1.54) is 16.8 Å². The Morgan fingerprint density at radius 1 is 1.47 bits per heavy atom. The van der Waals surface area contributed by atoms with E-state index in [4.69, 9.17) is 5.84 Å². The lowest BCUT2D eigenvalue weighted by molar-refractivity contribution is -0.121. The summed E-state index contributed by atoms with van der Waals surface area (Å²) in [5, 5.41) is 0. The first-order valence-corrected chi connectivity index (χ1v) is 5.40. The van der Waals surface area contributed by atoms with Crippen LogP contribution in [0.5, 0.6) is 0 Å². The summed E-state index contributed by atoms with van der Waals surface area (Å²) < 4.78 is 2.55. The number of hydrogen-bond acceptors (Lipinski definition) is 4. The second-order valence-electron chi connectivity index (χ2n) is 3.55. The fourth-order valence-electron chi connectivity index (χ4n) is 1.47. The van der Waals surface area contributed by atoms with Crippen molar-refractivity contribution >= 4 is 5.91 Å². The van der Waals surface area contributed by atoms with Crippen molar-refractivity contribution in [3.8, 4) is 0 Å². The van der Waals surface area contributed by atoms with Gasteiger partial charge in [-0.1, -0.05) is 0 Å². The maximum Gasteiger partial charge on any atom is 0.330 e. The Morgan fingerprint density at radius 3 is 2.76 bits per heavy atom. The largest absolute Gasteiger partial charge is 0.330 e. The number of hydrogen-bond donors (Lipinski definition) is 2. The number of hydrazine groups is 1. The molecular formula is C10H16N4O3. The van der Waals surface area contributed by atoms with Gasteiger partial charge in [0.25, 0.3) is 5.56 Å². The van der Waals surface area contributed by atoms with E-state index in [0.717, 1.165) is 4.57 Å². The molecule has 0 atom stereocenters. The minimum Gasteiger partial charge on any atom is -0.301 e.